The first-order chi connectivity index (χ1) is 10.3. The minimum atomic E-state index is 0.426. The topological polar surface area (TPSA) is 63.5 Å². The summed E-state index contributed by atoms with van der Waals surface area (Å²) in [6.45, 7) is 3.75. The molecule has 2 N–H and O–H groups in total. The zero-order valence-electron chi connectivity index (χ0n) is 11.9. The van der Waals surface area contributed by atoms with E-state index in [1.807, 2.05) is 18.3 Å². The Balaban J connectivity index is 1.41. The maximum atomic E-state index is 5.87. The van der Waals surface area contributed by atoms with Crippen LogP contribution in [0, 0.1) is 0 Å². The van der Waals surface area contributed by atoms with Crippen LogP contribution >= 0.6 is 15.9 Å². The van der Waals surface area contributed by atoms with Gasteiger partial charge < -0.3 is 15.4 Å². The van der Waals surface area contributed by atoms with E-state index in [0.29, 0.717) is 12.1 Å². The first-order valence-corrected chi connectivity index (χ1v) is 8.19. The van der Waals surface area contributed by atoms with Gasteiger partial charge in [-0.15, -0.1) is 5.10 Å². The van der Waals surface area contributed by atoms with Crippen molar-refractivity contribution in [3.05, 3.63) is 22.8 Å². The average molecular weight is 354 g/mol. The quantitative estimate of drug-likeness (QED) is 0.778. The van der Waals surface area contributed by atoms with Crippen LogP contribution in [0.3, 0.4) is 0 Å². The second kappa shape index (κ2) is 7.20. The zero-order chi connectivity index (χ0) is 14.5. The second-order valence-corrected chi connectivity index (χ2v) is 6.01. The molecule has 2 aromatic rings. The third-order valence-electron chi connectivity index (χ3n) is 3.56. The van der Waals surface area contributed by atoms with Crippen molar-refractivity contribution < 1.29 is 4.74 Å². The van der Waals surface area contributed by atoms with Crippen molar-refractivity contribution >= 4 is 27.5 Å². The first kappa shape index (κ1) is 14.7. The Morgan fingerprint density at radius 2 is 2.29 bits per heavy atom. The highest BCUT2D eigenvalue weighted by molar-refractivity contribution is 9.10. The van der Waals surface area contributed by atoms with E-state index in [2.05, 4.69) is 36.6 Å². The summed E-state index contributed by atoms with van der Waals surface area (Å²) in [6, 6.07) is 3.89. The summed E-state index contributed by atoms with van der Waals surface area (Å²) in [7, 11) is 0. The number of pyridine rings is 1. The molecule has 3 rings (SSSR count). The third-order valence-corrected chi connectivity index (χ3v) is 4.18. The maximum Gasteiger partial charge on any atom is 0.243 e. The monoisotopic (exact) mass is 353 g/mol. The lowest BCUT2D eigenvalue weighted by molar-refractivity contribution is 0.0329. The van der Waals surface area contributed by atoms with Crippen LogP contribution in [0.5, 0.6) is 0 Å². The molecule has 1 saturated heterocycles. The van der Waals surface area contributed by atoms with Crippen molar-refractivity contribution in [2.75, 3.05) is 31.6 Å². The maximum absolute atomic E-state index is 5.87. The number of hydrogen-bond donors (Lipinski definition) is 2. The molecule has 7 heteroatoms. The van der Waals surface area contributed by atoms with E-state index < -0.39 is 0 Å². The summed E-state index contributed by atoms with van der Waals surface area (Å²) in [5.41, 5.74) is 0.825. The molecule has 0 spiro atoms. The lowest BCUT2D eigenvalue weighted by Gasteiger charge is -2.22. The fraction of sp³-hybridized carbons (Fsp3) is 0.571. The highest BCUT2D eigenvalue weighted by Crippen LogP contribution is 2.16. The van der Waals surface area contributed by atoms with E-state index in [1.165, 1.54) is 0 Å². The van der Waals surface area contributed by atoms with Gasteiger partial charge >= 0.3 is 0 Å². The van der Waals surface area contributed by atoms with Crippen molar-refractivity contribution in [3.8, 4) is 0 Å². The normalized spacial score (nSPS) is 16.4. The van der Waals surface area contributed by atoms with Crippen molar-refractivity contribution in [1.29, 1.82) is 0 Å². The standard InChI is InChI=1S/C14H20BrN5O/c15-12-3-1-9-20-13(12)18-14(19-20)17-6-2-10-21-11-4-7-16-8-5-11/h1,3,9,11,16H,2,4-8,10H2,(H,17,19). The summed E-state index contributed by atoms with van der Waals surface area (Å²) in [4.78, 5) is 4.44. The molecule has 0 saturated carbocycles. The lowest BCUT2D eigenvalue weighted by atomic mass is 10.1. The largest absolute Gasteiger partial charge is 0.378 e. The zero-order valence-corrected chi connectivity index (χ0v) is 13.5. The molecule has 0 amide bonds. The fourth-order valence-corrected chi connectivity index (χ4v) is 2.86. The minimum Gasteiger partial charge on any atom is -0.378 e. The van der Waals surface area contributed by atoms with Gasteiger partial charge in [-0.2, -0.15) is 4.98 Å². The molecule has 3 heterocycles. The number of aromatic nitrogens is 3. The van der Waals surface area contributed by atoms with Crippen molar-refractivity contribution in [2.24, 2.45) is 0 Å². The number of nitrogens with one attached hydrogen (secondary N) is 2. The number of hydrogen-bond acceptors (Lipinski definition) is 5. The number of rotatable bonds is 6. The number of halogens is 1. The van der Waals surface area contributed by atoms with E-state index in [4.69, 9.17) is 4.74 Å². The first-order valence-electron chi connectivity index (χ1n) is 7.40. The highest BCUT2D eigenvalue weighted by atomic mass is 79.9. The average Bonchev–Trinajstić information content (AvgIpc) is 2.92. The van der Waals surface area contributed by atoms with Gasteiger partial charge in [0.25, 0.3) is 0 Å². The van der Waals surface area contributed by atoms with Crippen LogP contribution in [0.15, 0.2) is 22.8 Å². The van der Waals surface area contributed by atoms with Gasteiger partial charge in [-0.05, 0) is 60.4 Å². The Kier molecular flexibility index (Phi) is 5.05. The predicted octanol–water partition coefficient (Wildman–Crippen LogP) is 2.06. The van der Waals surface area contributed by atoms with Crippen LogP contribution in [0.4, 0.5) is 5.95 Å². The van der Waals surface area contributed by atoms with Gasteiger partial charge in [0.05, 0.1) is 10.6 Å². The summed E-state index contributed by atoms with van der Waals surface area (Å²) >= 11 is 3.47. The van der Waals surface area contributed by atoms with Crippen LogP contribution in [-0.2, 0) is 4.74 Å². The van der Waals surface area contributed by atoms with Gasteiger partial charge in [0.2, 0.25) is 5.95 Å². The summed E-state index contributed by atoms with van der Waals surface area (Å²) < 4.78 is 8.57. The number of piperidine rings is 1. The van der Waals surface area contributed by atoms with E-state index in [-0.39, 0.29) is 0 Å². The number of nitrogens with zero attached hydrogens (tertiary/aromatic N) is 3. The molecule has 0 radical (unpaired) electrons. The molecular weight excluding hydrogens is 334 g/mol. The van der Waals surface area contributed by atoms with E-state index in [9.17, 15) is 0 Å². The molecule has 6 nitrogen and oxygen atoms in total. The van der Waals surface area contributed by atoms with E-state index in [1.54, 1.807) is 4.52 Å². The Bertz CT molecular complexity index is 582. The molecule has 0 bridgehead atoms. The molecule has 21 heavy (non-hydrogen) atoms. The molecule has 2 aromatic heterocycles. The Morgan fingerprint density at radius 1 is 1.43 bits per heavy atom. The van der Waals surface area contributed by atoms with E-state index >= 15 is 0 Å². The van der Waals surface area contributed by atoms with Gasteiger partial charge in [0.1, 0.15) is 0 Å². The minimum absolute atomic E-state index is 0.426. The summed E-state index contributed by atoms with van der Waals surface area (Å²) in [5.74, 6) is 0.656. The van der Waals surface area contributed by atoms with Gasteiger partial charge in [-0.25, -0.2) is 4.52 Å². The third kappa shape index (κ3) is 3.93. The van der Waals surface area contributed by atoms with Crippen molar-refractivity contribution in [2.45, 2.75) is 25.4 Å². The molecule has 1 aliphatic heterocycles. The Labute approximate surface area is 132 Å². The van der Waals surface area contributed by atoms with Crippen LogP contribution < -0.4 is 10.6 Å². The van der Waals surface area contributed by atoms with Gasteiger partial charge in [-0.1, -0.05) is 0 Å². The SMILES string of the molecule is Brc1cccn2nc(NCCCOC3CCNCC3)nc12. The van der Waals surface area contributed by atoms with Gasteiger partial charge in [-0.3, -0.25) is 0 Å². The smallest absolute Gasteiger partial charge is 0.243 e. The van der Waals surface area contributed by atoms with Gasteiger partial charge in [0.15, 0.2) is 5.65 Å². The lowest BCUT2D eigenvalue weighted by Crippen LogP contribution is -2.32. The highest BCUT2D eigenvalue weighted by Gasteiger charge is 2.12. The van der Waals surface area contributed by atoms with Gasteiger partial charge in [0, 0.05) is 19.3 Å². The van der Waals surface area contributed by atoms with Crippen LogP contribution in [-0.4, -0.2) is 46.9 Å². The van der Waals surface area contributed by atoms with Crippen molar-refractivity contribution in [3.63, 3.8) is 0 Å². The molecule has 114 valence electrons. The molecule has 0 aliphatic carbocycles. The molecule has 0 unspecified atom stereocenters. The molecule has 1 fully saturated rings. The predicted molar refractivity (Wildman–Crippen MR) is 85.6 cm³/mol. The second-order valence-electron chi connectivity index (χ2n) is 5.16. The molecular formula is C14H20BrN5O. The summed E-state index contributed by atoms with van der Waals surface area (Å²) in [5, 5.41) is 11.0. The number of anilines is 1. The molecule has 0 atom stereocenters. The Hall–Kier alpha value is -1.18. The number of fused-ring (bicyclic) bond motifs is 1. The Morgan fingerprint density at radius 3 is 3.10 bits per heavy atom. The van der Waals surface area contributed by atoms with E-state index in [0.717, 1.165) is 55.6 Å². The molecule has 1 aliphatic rings. The van der Waals surface area contributed by atoms with Crippen LogP contribution in [0.25, 0.3) is 5.65 Å². The molecule has 0 aromatic carbocycles. The number of ether oxygens (including phenoxy) is 1. The fourth-order valence-electron chi connectivity index (χ4n) is 2.43. The summed E-state index contributed by atoms with van der Waals surface area (Å²) in [6.07, 6.45) is 5.51. The van der Waals surface area contributed by atoms with Crippen LogP contribution in [0.2, 0.25) is 0 Å². The van der Waals surface area contributed by atoms with Crippen molar-refractivity contribution in [1.82, 2.24) is 19.9 Å². The van der Waals surface area contributed by atoms with Crippen LogP contribution in [0.1, 0.15) is 19.3 Å².